The van der Waals surface area contributed by atoms with Gasteiger partial charge in [-0.25, -0.2) is 0 Å². The predicted molar refractivity (Wildman–Crippen MR) is 216 cm³/mol. The molecule has 7 saturated carbocycles. The van der Waals surface area contributed by atoms with Crippen LogP contribution in [0.4, 0.5) is 0 Å². The molecule has 7 fully saturated rings. The van der Waals surface area contributed by atoms with Crippen molar-refractivity contribution in [2.75, 3.05) is 0 Å². The van der Waals surface area contributed by atoms with Crippen molar-refractivity contribution in [2.45, 2.75) is 169 Å². The minimum atomic E-state index is -1.85. The van der Waals surface area contributed by atoms with Crippen molar-refractivity contribution in [1.29, 1.82) is 0 Å². The molecule has 2 N–H and O–H groups in total. The van der Waals surface area contributed by atoms with Gasteiger partial charge in [-0.2, -0.15) is 0 Å². The van der Waals surface area contributed by atoms with Gasteiger partial charge in [0.15, 0.2) is 23.3 Å². The normalized spacial score (nSPS) is 48.4. The molecule has 3 spiro atoms. The molecule has 0 amide bonds. The average Bonchev–Trinajstić information content (AvgIpc) is 3.47. The SMILES string of the molecule is CC(=O)O[C@H]1C[C@@H]2C[C@@]3(C(=O)[C@]24CCC2=C(O4)[C@@]45CC(=O)[C@@H]6C(C)(C)[C@@H](OC(C)=O)C[C@H](O)[C@@]6(C)[C@@H]4C(=O)C[C@@H]2C5)[C@@H]1[C@]1(C)[C@@H](OC(C)=O)C[C@H](O)C(C)(C)[C@H]1C(=O)[C@@H]3OC(C)=O. The molecule has 63 heavy (non-hydrogen) atoms. The number of ketones is 4. The Labute approximate surface area is 367 Å². The van der Waals surface area contributed by atoms with Crippen LogP contribution in [0.1, 0.15) is 127 Å². The summed E-state index contributed by atoms with van der Waals surface area (Å²) in [6.45, 7) is 15.6. The molecule has 1 aliphatic heterocycles. The van der Waals surface area contributed by atoms with E-state index in [1.807, 2.05) is 13.8 Å². The van der Waals surface area contributed by atoms with Crippen molar-refractivity contribution in [3.05, 3.63) is 11.3 Å². The van der Waals surface area contributed by atoms with Crippen molar-refractivity contribution >= 4 is 47.0 Å². The molecule has 9 aliphatic rings. The quantitative estimate of drug-likeness (QED) is 0.300. The molecule has 15 nitrogen and oxygen atoms in total. The summed E-state index contributed by atoms with van der Waals surface area (Å²) in [4.78, 5) is 113. The first-order valence-corrected chi connectivity index (χ1v) is 22.8. The Kier molecular flexibility index (Phi) is 9.51. The number of rotatable bonds is 4. The Morgan fingerprint density at radius 1 is 0.667 bits per heavy atom. The van der Waals surface area contributed by atoms with Crippen LogP contribution in [0.5, 0.6) is 0 Å². The van der Waals surface area contributed by atoms with Crippen LogP contribution in [-0.4, -0.2) is 99.4 Å². The van der Waals surface area contributed by atoms with E-state index in [9.17, 15) is 39.0 Å². The maximum absolute atomic E-state index is 16.4. The summed E-state index contributed by atoms with van der Waals surface area (Å²) >= 11 is 0. The van der Waals surface area contributed by atoms with Crippen LogP contribution in [0, 0.1) is 68.0 Å². The minimum Gasteiger partial charge on any atom is -0.483 e. The number of carbonyl (C=O) groups excluding carboxylic acids is 8. The lowest BCUT2D eigenvalue weighted by Gasteiger charge is -2.66. The molecular formula is C48H62O15. The van der Waals surface area contributed by atoms with Crippen molar-refractivity contribution in [3.8, 4) is 0 Å². The number of ether oxygens (including phenoxy) is 5. The molecule has 17 atom stereocenters. The fourth-order valence-corrected chi connectivity index (χ4v) is 17.1. The van der Waals surface area contributed by atoms with Gasteiger partial charge in [0.25, 0.3) is 0 Å². The van der Waals surface area contributed by atoms with E-state index in [4.69, 9.17) is 23.7 Å². The molecule has 0 unspecified atom stereocenters. The van der Waals surface area contributed by atoms with Crippen LogP contribution in [-0.2, 0) is 62.0 Å². The van der Waals surface area contributed by atoms with Crippen LogP contribution < -0.4 is 0 Å². The summed E-state index contributed by atoms with van der Waals surface area (Å²) in [6, 6.07) is 0. The molecule has 0 saturated heterocycles. The maximum Gasteiger partial charge on any atom is 0.303 e. The van der Waals surface area contributed by atoms with Gasteiger partial charge in [-0.05, 0) is 43.6 Å². The third-order valence-electron chi connectivity index (χ3n) is 18.8. The van der Waals surface area contributed by atoms with Crippen LogP contribution in [0.2, 0.25) is 0 Å². The number of aliphatic hydroxyl groups is 2. The molecule has 8 aliphatic carbocycles. The van der Waals surface area contributed by atoms with E-state index >= 15 is 9.59 Å². The summed E-state index contributed by atoms with van der Waals surface area (Å²) in [5, 5.41) is 23.8. The summed E-state index contributed by atoms with van der Waals surface area (Å²) in [5.74, 6) is -8.58. The molecule has 0 aromatic rings. The van der Waals surface area contributed by atoms with Crippen molar-refractivity contribution < 1.29 is 72.3 Å². The first-order valence-electron chi connectivity index (χ1n) is 22.8. The van der Waals surface area contributed by atoms with Gasteiger partial charge in [-0.3, -0.25) is 38.4 Å². The van der Waals surface area contributed by atoms with Gasteiger partial charge in [-0.1, -0.05) is 41.5 Å². The highest BCUT2D eigenvalue weighted by atomic mass is 16.6. The Balaban J connectivity index is 1.20. The van der Waals surface area contributed by atoms with Gasteiger partial charge in [0, 0.05) is 110 Å². The van der Waals surface area contributed by atoms with Gasteiger partial charge < -0.3 is 33.9 Å². The zero-order valence-corrected chi connectivity index (χ0v) is 38.0. The number of hydrogen-bond acceptors (Lipinski definition) is 15. The molecule has 344 valence electrons. The smallest absolute Gasteiger partial charge is 0.303 e. The Hall–Kier alpha value is -3.98. The molecule has 0 aromatic heterocycles. The lowest BCUT2D eigenvalue weighted by atomic mass is 9.38. The number of hydrogen-bond donors (Lipinski definition) is 2. The standard InChI is InChI=1S/C48H62O15/c1-20(49)59-29-14-25-18-47(37(29)45(10)33(61-22(3)51)15-30(55)42(5,6)38(45)34(57)40(47)62-23(4)52)41(58)48(25)12-11-26-24-13-27(53)36-44(9)31(56)16-32(60-21(2)50)43(7,8)35(44)28(54)19-46(36,17-24)39(26)63-48/h24-25,29-33,35-38,40,55-56H,11-19H2,1-10H3/t24-,25-,29+,30+,31+,32+,33+,35-,36+,37+,38-,40+,44-,45+,46+,47-,48+/m1/s1. The second kappa shape index (κ2) is 13.5. The van der Waals surface area contributed by atoms with E-state index in [1.165, 1.54) is 20.8 Å². The van der Waals surface area contributed by atoms with Crippen molar-refractivity contribution in [1.82, 2.24) is 0 Å². The molecule has 0 radical (unpaired) electrons. The predicted octanol–water partition coefficient (Wildman–Crippen LogP) is 4.09. The molecule has 0 aromatic carbocycles. The monoisotopic (exact) mass is 878 g/mol. The molecule has 1 heterocycles. The number of carbonyl (C=O) groups is 8. The summed E-state index contributed by atoms with van der Waals surface area (Å²) in [6.07, 6.45) is -5.99. The zero-order chi connectivity index (χ0) is 46.1. The van der Waals surface area contributed by atoms with Crippen LogP contribution in [0.3, 0.4) is 0 Å². The van der Waals surface area contributed by atoms with E-state index in [0.29, 0.717) is 18.6 Å². The first-order chi connectivity index (χ1) is 29.2. The molecule has 4 bridgehead atoms. The third-order valence-corrected chi connectivity index (χ3v) is 18.8. The Morgan fingerprint density at radius 3 is 1.89 bits per heavy atom. The Bertz CT molecular complexity index is 2190. The summed E-state index contributed by atoms with van der Waals surface area (Å²) in [7, 11) is 0. The number of aliphatic hydroxyl groups excluding tert-OH is 2. The highest BCUT2D eigenvalue weighted by molar-refractivity contribution is 6.05. The van der Waals surface area contributed by atoms with Gasteiger partial charge in [0.2, 0.25) is 0 Å². The van der Waals surface area contributed by atoms with Gasteiger partial charge in [0.05, 0.1) is 17.6 Å². The van der Waals surface area contributed by atoms with Crippen LogP contribution in [0.15, 0.2) is 11.3 Å². The molecule has 15 heteroatoms. The summed E-state index contributed by atoms with van der Waals surface area (Å²) in [5.41, 5.74) is -8.73. The van der Waals surface area contributed by atoms with Crippen molar-refractivity contribution in [3.63, 3.8) is 0 Å². The fourth-order valence-electron chi connectivity index (χ4n) is 17.1. The fraction of sp³-hybridized carbons (Fsp3) is 0.792. The number of fused-ring (bicyclic) bond motifs is 8. The Morgan fingerprint density at radius 2 is 1.27 bits per heavy atom. The number of esters is 4. The van der Waals surface area contributed by atoms with Gasteiger partial charge >= 0.3 is 23.9 Å². The van der Waals surface area contributed by atoms with Gasteiger partial charge in [-0.15, -0.1) is 0 Å². The largest absolute Gasteiger partial charge is 0.483 e. The van der Waals surface area contributed by atoms with E-state index in [2.05, 4.69) is 0 Å². The number of allylic oxidation sites excluding steroid dienone is 2. The summed E-state index contributed by atoms with van der Waals surface area (Å²) < 4.78 is 31.4. The van der Waals surface area contributed by atoms with E-state index < -0.39 is 140 Å². The lowest BCUT2D eigenvalue weighted by molar-refractivity contribution is -0.263. The van der Waals surface area contributed by atoms with Crippen LogP contribution in [0.25, 0.3) is 0 Å². The molecular weight excluding hydrogens is 817 g/mol. The topological polar surface area (TPSA) is 223 Å². The average molecular weight is 879 g/mol. The van der Waals surface area contributed by atoms with E-state index in [-0.39, 0.29) is 62.4 Å². The highest BCUT2D eigenvalue weighted by Gasteiger charge is 2.85. The molecule has 9 rings (SSSR count). The minimum absolute atomic E-state index is 0.000592. The second-order valence-corrected chi connectivity index (χ2v) is 22.6. The van der Waals surface area contributed by atoms with E-state index in [0.717, 1.165) is 12.5 Å². The van der Waals surface area contributed by atoms with E-state index in [1.54, 1.807) is 27.7 Å². The number of Topliss-reactive ketones (excluding diaryl/α,β-unsaturated/α-hetero) is 4. The third kappa shape index (κ3) is 5.38. The maximum atomic E-state index is 16.4. The lowest BCUT2D eigenvalue weighted by Crippen LogP contribution is -2.76. The zero-order valence-electron chi connectivity index (χ0n) is 38.0. The van der Waals surface area contributed by atoms with Crippen LogP contribution >= 0.6 is 0 Å². The second-order valence-electron chi connectivity index (χ2n) is 22.6. The van der Waals surface area contributed by atoms with Crippen molar-refractivity contribution in [2.24, 2.45) is 68.0 Å². The van der Waals surface area contributed by atoms with Gasteiger partial charge in [0.1, 0.15) is 35.6 Å². The first kappa shape index (κ1) is 44.2. The highest BCUT2D eigenvalue weighted by Crippen LogP contribution is 2.77.